The highest BCUT2D eigenvalue weighted by Crippen LogP contribution is 2.27. The van der Waals surface area contributed by atoms with E-state index >= 15 is 0 Å². The Morgan fingerprint density at radius 2 is 2.00 bits per heavy atom. The molecule has 1 aliphatic heterocycles. The molecule has 0 aliphatic carbocycles. The fraction of sp³-hybridized carbons (Fsp3) is 0.333. The number of hydrogen-bond acceptors (Lipinski definition) is 5. The number of rotatable bonds is 3. The van der Waals surface area contributed by atoms with Crippen LogP contribution in [-0.2, 0) is 19.5 Å². The first-order valence-electron chi connectivity index (χ1n) is 6.72. The third-order valence-corrected chi connectivity index (χ3v) is 3.97. The Hall–Kier alpha value is -1.85. The molecule has 0 amide bonds. The molecule has 2 aromatic rings. The number of nitrogens with one attached hydrogen (secondary N) is 1. The fourth-order valence-electron chi connectivity index (χ4n) is 2.84. The molecular weight excluding hydrogens is 290 g/mol. The van der Waals surface area contributed by atoms with Gasteiger partial charge in [0.2, 0.25) is 0 Å². The van der Waals surface area contributed by atoms with E-state index in [4.69, 9.17) is 5.73 Å². The topological polar surface area (TPSA) is 75.4 Å². The summed E-state index contributed by atoms with van der Waals surface area (Å²) in [6, 6.07) is 6.24. The predicted octanol–water partition coefficient (Wildman–Crippen LogP) is 0.767. The molecule has 3 N–H and O–H groups in total. The van der Waals surface area contributed by atoms with E-state index in [9.17, 15) is 9.59 Å². The van der Waals surface area contributed by atoms with Crippen molar-refractivity contribution in [1.29, 1.82) is 0 Å². The third-order valence-electron chi connectivity index (χ3n) is 3.97. The lowest BCUT2D eigenvalue weighted by Crippen LogP contribution is -2.44. The highest BCUT2D eigenvalue weighted by molar-refractivity contribution is 5.85. The smallest absolute Gasteiger partial charge is 0.253 e. The van der Waals surface area contributed by atoms with Crippen LogP contribution in [0.4, 0.5) is 11.4 Å². The van der Waals surface area contributed by atoms with Crippen LogP contribution in [0.1, 0.15) is 16.7 Å². The van der Waals surface area contributed by atoms with Crippen LogP contribution in [0.5, 0.6) is 0 Å². The molecule has 2 aromatic carbocycles. The van der Waals surface area contributed by atoms with Gasteiger partial charge in [0.25, 0.3) is 10.9 Å². The van der Waals surface area contributed by atoms with Gasteiger partial charge in [-0.1, -0.05) is 18.2 Å². The molecule has 1 aliphatic rings. The fourth-order valence-corrected chi connectivity index (χ4v) is 2.84. The lowest BCUT2D eigenvalue weighted by Gasteiger charge is -2.32. The summed E-state index contributed by atoms with van der Waals surface area (Å²) in [5.41, 5.74) is 9.41. The van der Waals surface area contributed by atoms with Gasteiger partial charge in [0.1, 0.15) is 11.4 Å². The summed E-state index contributed by atoms with van der Waals surface area (Å²) in [5, 5.41) is 2.82. The van der Waals surface area contributed by atoms with E-state index < -0.39 is 5.43 Å². The summed E-state index contributed by atoms with van der Waals surface area (Å²) in [6.45, 7) is 1.92. The summed E-state index contributed by atoms with van der Waals surface area (Å²) in [7, 11) is 1.67. The quantitative estimate of drug-likeness (QED) is 0.819. The Balaban J connectivity index is 0.00000161. The minimum atomic E-state index is -0.413. The maximum Gasteiger partial charge on any atom is 0.253 e. The molecule has 3 rings (SSSR count). The summed E-state index contributed by atoms with van der Waals surface area (Å²) >= 11 is 0. The molecule has 112 valence electrons. The van der Waals surface area contributed by atoms with Gasteiger partial charge in [0.05, 0.1) is 0 Å². The second kappa shape index (κ2) is 5.87. The maximum atomic E-state index is 11.8. The number of halogens is 1. The summed E-state index contributed by atoms with van der Waals surface area (Å²) < 4.78 is 0. The number of hydrogen-bond donors (Lipinski definition) is 2. The van der Waals surface area contributed by atoms with E-state index in [0.717, 1.165) is 18.5 Å². The van der Waals surface area contributed by atoms with E-state index in [0.29, 0.717) is 24.5 Å². The van der Waals surface area contributed by atoms with Crippen LogP contribution in [-0.4, -0.2) is 13.6 Å². The van der Waals surface area contributed by atoms with Gasteiger partial charge in [-0.25, -0.2) is 0 Å². The van der Waals surface area contributed by atoms with E-state index in [1.54, 1.807) is 7.05 Å². The van der Waals surface area contributed by atoms with Crippen LogP contribution in [0.15, 0.2) is 27.8 Å². The average molecular weight is 308 g/mol. The summed E-state index contributed by atoms with van der Waals surface area (Å²) in [6.07, 6.45) is 0.877. The van der Waals surface area contributed by atoms with Crippen molar-refractivity contribution >= 4 is 23.8 Å². The van der Waals surface area contributed by atoms with Crippen molar-refractivity contribution < 1.29 is 0 Å². The molecule has 0 spiro atoms. The van der Waals surface area contributed by atoms with Crippen LogP contribution in [0, 0.1) is 0 Å². The second-order valence-corrected chi connectivity index (χ2v) is 5.11. The zero-order valence-electron chi connectivity index (χ0n) is 11.8. The number of benzene rings is 1. The Kier molecular flexibility index (Phi) is 4.34. The van der Waals surface area contributed by atoms with Gasteiger partial charge in [-0.15, -0.1) is 12.4 Å². The predicted molar refractivity (Wildman–Crippen MR) is 87.2 cm³/mol. The van der Waals surface area contributed by atoms with Crippen LogP contribution in [0.3, 0.4) is 0 Å². The van der Waals surface area contributed by atoms with E-state index in [2.05, 4.69) is 17.4 Å². The van der Waals surface area contributed by atoms with Crippen molar-refractivity contribution in [2.75, 3.05) is 23.8 Å². The van der Waals surface area contributed by atoms with Crippen LogP contribution >= 0.6 is 12.4 Å². The third kappa shape index (κ3) is 2.43. The molecule has 0 unspecified atom stereocenters. The highest BCUT2D eigenvalue weighted by Gasteiger charge is 2.27. The molecule has 0 bridgehead atoms. The second-order valence-electron chi connectivity index (χ2n) is 5.11. The molecule has 0 atom stereocenters. The number of nitrogens with two attached hydrogens (primary N) is 1. The SMILES string of the molecule is CNc1c(N2CCc3ccc(CN)cc3C2)c(=O)c1=O.Cl. The Morgan fingerprint density at radius 3 is 2.67 bits per heavy atom. The molecular formula is C15H18ClN3O2. The molecule has 21 heavy (non-hydrogen) atoms. The van der Waals surface area contributed by atoms with Gasteiger partial charge in [-0.2, -0.15) is 0 Å². The summed E-state index contributed by atoms with van der Waals surface area (Å²) in [5.74, 6) is 0. The molecule has 6 heteroatoms. The lowest BCUT2D eigenvalue weighted by atomic mass is 9.96. The first-order valence-corrected chi connectivity index (χ1v) is 6.72. The zero-order chi connectivity index (χ0) is 14.3. The molecule has 0 aromatic heterocycles. The van der Waals surface area contributed by atoms with Crippen LogP contribution in [0.25, 0.3) is 0 Å². The maximum absolute atomic E-state index is 11.8. The number of anilines is 2. The average Bonchev–Trinajstić information content (AvgIpc) is 2.50. The van der Waals surface area contributed by atoms with Crippen molar-refractivity contribution in [3.8, 4) is 0 Å². The largest absolute Gasteiger partial charge is 0.383 e. The van der Waals surface area contributed by atoms with Crippen molar-refractivity contribution in [2.45, 2.75) is 19.5 Å². The molecule has 0 radical (unpaired) electrons. The first kappa shape index (κ1) is 15.5. The number of nitrogens with zero attached hydrogens (tertiary/aromatic N) is 1. The van der Waals surface area contributed by atoms with E-state index in [1.807, 2.05) is 11.0 Å². The van der Waals surface area contributed by atoms with Crippen LogP contribution in [0.2, 0.25) is 0 Å². The normalized spacial score (nSPS) is 13.7. The van der Waals surface area contributed by atoms with Gasteiger partial charge in [-0.05, 0) is 23.1 Å². The Labute approximate surface area is 128 Å². The monoisotopic (exact) mass is 307 g/mol. The minimum Gasteiger partial charge on any atom is -0.383 e. The van der Waals surface area contributed by atoms with E-state index in [-0.39, 0.29) is 17.8 Å². The highest BCUT2D eigenvalue weighted by atomic mass is 35.5. The molecule has 5 nitrogen and oxygen atoms in total. The first-order chi connectivity index (χ1) is 9.65. The molecule has 0 saturated carbocycles. The van der Waals surface area contributed by atoms with Gasteiger partial charge >= 0.3 is 0 Å². The Bertz CT molecular complexity index is 735. The zero-order valence-corrected chi connectivity index (χ0v) is 12.6. The van der Waals surface area contributed by atoms with Gasteiger partial charge in [0, 0.05) is 26.7 Å². The standard InChI is InChI=1S/C15H17N3O2.ClH/c1-17-12-13(15(20)14(12)19)18-5-4-10-3-2-9(7-16)6-11(10)8-18;/h2-3,6,17H,4-5,7-8,16H2,1H3;1H. The summed E-state index contributed by atoms with van der Waals surface area (Å²) in [4.78, 5) is 25.2. The van der Waals surface area contributed by atoms with Crippen molar-refractivity contribution in [3.05, 3.63) is 55.3 Å². The molecule has 1 heterocycles. The lowest BCUT2D eigenvalue weighted by molar-refractivity contribution is 0.725. The number of fused-ring (bicyclic) bond motifs is 1. The van der Waals surface area contributed by atoms with Gasteiger partial charge in [0.15, 0.2) is 0 Å². The van der Waals surface area contributed by atoms with Gasteiger partial charge in [-0.3, -0.25) is 9.59 Å². The van der Waals surface area contributed by atoms with E-state index in [1.165, 1.54) is 11.1 Å². The minimum absolute atomic E-state index is 0. The van der Waals surface area contributed by atoms with Crippen molar-refractivity contribution in [2.24, 2.45) is 5.73 Å². The molecule has 0 fully saturated rings. The van der Waals surface area contributed by atoms with Crippen LogP contribution < -0.4 is 26.8 Å². The molecule has 0 saturated heterocycles. The Morgan fingerprint density at radius 1 is 1.24 bits per heavy atom. The van der Waals surface area contributed by atoms with Gasteiger partial charge < -0.3 is 16.0 Å². The van der Waals surface area contributed by atoms with Crippen molar-refractivity contribution in [1.82, 2.24) is 0 Å². The van der Waals surface area contributed by atoms with Crippen molar-refractivity contribution in [3.63, 3.8) is 0 Å².